The molecule has 3 aromatic rings. The number of amides is 1. The lowest BCUT2D eigenvalue weighted by Gasteiger charge is -2.29. The van der Waals surface area contributed by atoms with Crippen molar-refractivity contribution < 1.29 is 4.79 Å². The highest BCUT2D eigenvalue weighted by atomic mass is 35.5. The number of pyridine rings is 1. The van der Waals surface area contributed by atoms with Gasteiger partial charge in [0.2, 0.25) is 0 Å². The minimum atomic E-state index is -0.213. The molecule has 27 heavy (non-hydrogen) atoms. The Morgan fingerprint density at radius 2 is 1.85 bits per heavy atom. The molecule has 3 rings (SSSR count). The van der Waals surface area contributed by atoms with Gasteiger partial charge in [0.05, 0.1) is 17.4 Å². The maximum Gasteiger partial charge on any atom is 0.257 e. The standard InChI is InChI=1S/C22H22ClN3O/c1-16(2)26(15-17-7-4-3-5-8-17)21-11-18(13-24-14-21)22(27)25-20-10-6-9-19(23)12-20/h3-14,16H,15H2,1-2H3,(H,25,27). The number of aromatic nitrogens is 1. The van der Waals surface area contributed by atoms with E-state index in [4.69, 9.17) is 11.6 Å². The molecule has 0 spiro atoms. The molecule has 5 heteroatoms. The monoisotopic (exact) mass is 379 g/mol. The van der Waals surface area contributed by atoms with Gasteiger partial charge in [0, 0.05) is 29.5 Å². The van der Waals surface area contributed by atoms with Crippen molar-refractivity contribution in [1.82, 2.24) is 4.98 Å². The minimum absolute atomic E-state index is 0.213. The van der Waals surface area contributed by atoms with Gasteiger partial charge in [-0.3, -0.25) is 9.78 Å². The topological polar surface area (TPSA) is 45.2 Å². The van der Waals surface area contributed by atoms with Crippen LogP contribution in [0.2, 0.25) is 5.02 Å². The zero-order chi connectivity index (χ0) is 19.2. The summed E-state index contributed by atoms with van der Waals surface area (Å²) in [5.41, 5.74) is 3.28. The first-order valence-corrected chi connectivity index (χ1v) is 9.23. The Hall–Kier alpha value is -2.85. The molecule has 1 heterocycles. The largest absolute Gasteiger partial charge is 0.364 e. The van der Waals surface area contributed by atoms with Gasteiger partial charge in [-0.15, -0.1) is 0 Å². The lowest BCUT2D eigenvalue weighted by molar-refractivity contribution is 0.102. The van der Waals surface area contributed by atoms with E-state index in [9.17, 15) is 4.79 Å². The summed E-state index contributed by atoms with van der Waals surface area (Å²) in [5, 5.41) is 3.44. The van der Waals surface area contributed by atoms with Crippen LogP contribution in [-0.2, 0) is 6.54 Å². The maximum atomic E-state index is 12.6. The summed E-state index contributed by atoms with van der Waals surface area (Å²) in [6.07, 6.45) is 3.36. The quantitative estimate of drug-likeness (QED) is 0.623. The first-order chi connectivity index (χ1) is 13.0. The van der Waals surface area contributed by atoms with Gasteiger partial charge < -0.3 is 10.2 Å². The van der Waals surface area contributed by atoms with Crippen LogP contribution in [0.5, 0.6) is 0 Å². The fourth-order valence-electron chi connectivity index (χ4n) is 2.83. The van der Waals surface area contributed by atoms with Crippen molar-refractivity contribution in [3.8, 4) is 0 Å². The molecule has 0 atom stereocenters. The Labute approximate surface area is 164 Å². The van der Waals surface area contributed by atoms with E-state index in [2.05, 4.69) is 41.2 Å². The van der Waals surface area contributed by atoms with Crippen molar-refractivity contribution in [2.45, 2.75) is 26.4 Å². The second-order valence-corrected chi connectivity index (χ2v) is 7.04. The number of nitrogens with zero attached hydrogens (tertiary/aromatic N) is 2. The minimum Gasteiger partial charge on any atom is -0.364 e. The summed E-state index contributed by atoms with van der Waals surface area (Å²) in [4.78, 5) is 19.1. The first kappa shape index (κ1) is 18.9. The van der Waals surface area contributed by atoms with E-state index in [0.717, 1.165) is 12.2 Å². The summed E-state index contributed by atoms with van der Waals surface area (Å²) in [5.74, 6) is -0.213. The number of hydrogen-bond donors (Lipinski definition) is 1. The zero-order valence-electron chi connectivity index (χ0n) is 15.4. The van der Waals surface area contributed by atoms with Crippen LogP contribution in [0.25, 0.3) is 0 Å². The van der Waals surface area contributed by atoms with Gasteiger partial charge in [-0.1, -0.05) is 48.0 Å². The van der Waals surface area contributed by atoms with Crippen molar-refractivity contribution in [2.24, 2.45) is 0 Å². The molecule has 0 bridgehead atoms. The third-order valence-corrected chi connectivity index (χ3v) is 4.45. The smallest absolute Gasteiger partial charge is 0.257 e. The fraction of sp³-hybridized carbons (Fsp3) is 0.182. The predicted octanol–water partition coefficient (Wildman–Crippen LogP) is 5.40. The van der Waals surface area contributed by atoms with Gasteiger partial charge in [0.1, 0.15) is 0 Å². The lowest BCUT2D eigenvalue weighted by atomic mass is 10.1. The molecule has 0 unspecified atom stereocenters. The summed E-state index contributed by atoms with van der Waals surface area (Å²) in [6, 6.07) is 19.5. The van der Waals surface area contributed by atoms with Crippen molar-refractivity contribution in [3.05, 3.63) is 89.2 Å². The molecular weight excluding hydrogens is 358 g/mol. The van der Waals surface area contributed by atoms with Crippen LogP contribution in [0.4, 0.5) is 11.4 Å². The molecule has 4 nitrogen and oxygen atoms in total. The van der Waals surface area contributed by atoms with E-state index in [0.29, 0.717) is 16.3 Å². The van der Waals surface area contributed by atoms with Crippen LogP contribution < -0.4 is 10.2 Å². The van der Waals surface area contributed by atoms with E-state index in [1.807, 2.05) is 24.3 Å². The Balaban J connectivity index is 1.81. The Kier molecular flexibility index (Phi) is 6.09. The third-order valence-electron chi connectivity index (χ3n) is 4.22. The highest BCUT2D eigenvalue weighted by Crippen LogP contribution is 2.22. The highest BCUT2D eigenvalue weighted by Gasteiger charge is 2.15. The molecule has 0 aliphatic rings. The Bertz CT molecular complexity index is 912. The zero-order valence-corrected chi connectivity index (χ0v) is 16.1. The molecule has 0 saturated carbocycles. The second kappa shape index (κ2) is 8.69. The normalized spacial score (nSPS) is 10.7. The maximum absolute atomic E-state index is 12.6. The molecule has 0 aliphatic heterocycles. The average Bonchev–Trinajstić information content (AvgIpc) is 2.67. The number of carbonyl (C=O) groups is 1. The van der Waals surface area contributed by atoms with Crippen LogP contribution in [0.15, 0.2) is 73.1 Å². The molecular formula is C22H22ClN3O. The number of nitrogens with one attached hydrogen (secondary N) is 1. The Morgan fingerprint density at radius 3 is 2.56 bits per heavy atom. The SMILES string of the molecule is CC(C)N(Cc1ccccc1)c1cncc(C(=O)Nc2cccc(Cl)c2)c1. The van der Waals surface area contributed by atoms with Crippen molar-refractivity contribution in [1.29, 1.82) is 0 Å². The van der Waals surface area contributed by atoms with Crippen molar-refractivity contribution >= 4 is 28.9 Å². The van der Waals surface area contributed by atoms with E-state index in [-0.39, 0.29) is 11.9 Å². The summed E-state index contributed by atoms with van der Waals surface area (Å²) in [6.45, 7) is 5.00. The lowest BCUT2D eigenvalue weighted by Crippen LogP contribution is -2.30. The van der Waals surface area contributed by atoms with E-state index < -0.39 is 0 Å². The number of anilines is 2. The molecule has 0 aliphatic carbocycles. The van der Waals surface area contributed by atoms with Crippen LogP contribution in [0.1, 0.15) is 29.8 Å². The van der Waals surface area contributed by atoms with E-state index in [1.165, 1.54) is 5.56 Å². The molecule has 0 radical (unpaired) electrons. The predicted molar refractivity (Wildman–Crippen MR) is 111 cm³/mol. The summed E-state index contributed by atoms with van der Waals surface area (Å²) in [7, 11) is 0. The molecule has 0 saturated heterocycles. The molecule has 138 valence electrons. The third kappa shape index (κ3) is 5.08. The Morgan fingerprint density at radius 1 is 1.07 bits per heavy atom. The van der Waals surface area contributed by atoms with E-state index >= 15 is 0 Å². The average molecular weight is 380 g/mol. The summed E-state index contributed by atoms with van der Waals surface area (Å²) >= 11 is 5.98. The van der Waals surface area contributed by atoms with Crippen LogP contribution in [0, 0.1) is 0 Å². The van der Waals surface area contributed by atoms with Crippen LogP contribution >= 0.6 is 11.6 Å². The van der Waals surface area contributed by atoms with Crippen molar-refractivity contribution in [2.75, 3.05) is 10.2 Å². The second-order valence-electron chi connectivity index (χ2n) is 6.60. The van der Waals surface area contributed by atoms with Crippen LogP contribution in [-0.4, -0.2) is 16.9 Å². The first-order valence-electron chi connectivity index (χ1n) is 8.85. The van der Waals surface area contributed by atoms with Crippen LogP contribution in [0.3, 0.4) is 0 Å². The van der Waals surface area contributed by atoms with E-state index in [1.54, 1.807) is 36.7 Å². The molecule has 2 aromatic carbocycles. The number of carbonyl (C=O) groups excluding carboxylic acids is 1. The number of rotatable bonds is 6. The van der Waals surface area contributed by atoms with Gasteiger partial charge in [-0.2, -0.15) is 0 Å². The molecule has 0 fully saturated rings. The van der Waals surface area contributed by atoms with Crippen molar-refractivity contribution in [3.63, 3.8) is 0 Å². The molecule has 1 N–H and O–H groups in total. The number of hydrogen-bond acceptors (Lipinski definition) is 3. The molecule has 1 aromatic heterocycles. The summed E-state index contributed by atoms with van der Waals surface area (Å²) < 4.78 is 0. The van der Waals surface area contributed by atoms with Gasteiger partial charge >= 0.3 is 0 Å². The number of benzene rings is 2. The van der Waals surface area contributed by atoms with Gasteiger partial charge in [0.15, 0.2) is 0 Å². The van der Waals surface area contributed by atoms with Gasteiger partial charge in [-0.25, -0.2) is 0 Å². The van der Waals surface area contributed by atoms with Gasteiger partial charge in [0.25, 0.3) is 5.91 Å². The fourth-order valence-corrected chi connectivity index (χ4v) is 3.02. The highest BCUT2D eigenvalue weighted by molar-refractivity contribution is 6.30. The number of halogens is 1. The van der Waals surface area contributed by atoms with Gasteiger partial charge in [-0.05, 0) is 43.7 Å². The molecule has 1 amide bonds.